The molecule has 0 saturated carbocycles. The fraction of sp³-hybridized carbons (Fsp3) is 0.667. The van der Waals surface area contributed by atoms with Gasteiger partial charge < -0.3 is 5.11 Å². The molecule has 0 bridgehead atoms. The van der Waals surface area contributed by atoms with Gasteiger partial charge in [-0.15, -0.1) is 0 Å². The molecular weight excluding hydrogens is 236 g/mol. The molecule has 0 aliphatic carbocycles. The average Bonchev–Trinajstić information content (AvgIpc) is 2.00. The molecule has 0 unspecified atom stereocenters. The highest BCUT2D eigenvalue weighted by Gasteiger charge is 2.09. The van der Waals surface area contributed by atoms with Crippen molar-refractivity contribution in [3.05, 3.63) is 11.6 Å². The minimum atomic E-state index is -4.16. The Morgan fingerprint density at radius 1 is 1.31 bits per heavy atom. The Balaban J connectivity index is 0. The van der Waals surface area contributed by atoms with Crippen LogP contribution in [-0.2, 0) is 19.4 Å². The Hall–Kier alpha value is -0.920. The number of carboxylic acid groups (broad SMARTS) is 1. The standard InChI is InChI=1S/C8H14O2.CH4O4S/c1-6(7(9)10)5-8(2,3)4;1-5-6(2,3)4/h5H,1-4H3,(H,9,10);1H3,(H,2,3,4). The Morgan fingerprint density at radius 3 is 1.69 bits per heavy atom. The van der Waals surface area contributed by atoms with Crippen molar-refractivity contribution in [3.63, 3.8) is 0 Å². The topological polar surface area (TPSA) is 101 Å². The lowest BCUT2D eigenvalue weighted by molar-refractivity contribution is -0.132. The molecule has 0 fully saturated rings. The number of aliphatic carboxylic acids is 1. The Morgan fingerprint density at radius 2 is 1.62 bits per heavy atom. The molecule has 7 heteroatoms. The molecule has 6 nitrogen and oxygen atoms in total. The number of allylic oxidation sites excluding steroid dienone is 1. The number of carboxylic acids is 1. The summed E-state index contributed by atoms with van der Waals surface area (Å²) in [7, 11) is -3.29. The van der Waals surface area contributed by atoms with Crippen molar-refractivity contribution in [2.24, 2.45) is 5.41 Å². The van der Waals surface area contributed by atoms with E-state index in [0.717, 1.165) is 7.11 Å². The molecule has 0 aromatic carbocycles. The van der Waals surface area contributed by atoms with Crippen LogP contribution in [0.25, 0.3) is 0 Å². The molecule has 0 radical (unpaired) electrons. The molecule has 2 N–H and O–H groups in total. The summed E-state index contributed by atoms with van der Waals surface area (Å²) in [6, 6.07) is 0. The Bertz CT molecular complexity index is 347. The summed E-state index contributed by atoms with van der Waals surface area (Å²) in [5.74, 6) is -0.838. The minimum absolute atomic E-state index is 0.0392. The van der Waals surface area contributed by atoms with Gasteiger partial charge in [-0.1, -0.05) is 26.8 Å². The first-order valence-corrected chi connectivity index (χ1v) is 5.71. The normalized spacial score (nSPS) is 12.8. The van der Waals surface area contributed by atoms with Crippen molar-refractivity contribution < 1.29 is 27.1 Å². The van der Waals surface area contributed by atoms with E-state index in [9.17, 15) is 13.2 Å². The van der Waals surface area contributed by atoms with Crippen molar-refractivity contribution in [2.45, 2.75) is 27.7 Å². The van der Waals surface area contributed by atoms with E-state index in [2.05, 4.69) is 4.18 Å². The van der Waals surface area contributed by atoms with Gasteiger partial charge >= 0.3 is 16.4 Å². The van der Waals surface area contributed by atoms with Crippen molar-refractivity contribution in [3.8, 4) is 0 Å². The maximum absolute atomic E-state index is 10.3. The zero-order valence-corrected chi connectivity index (χ0v) is 10.8. The molecule has 0 rings (SSSR count). The second kappa shape index (κ2) is 6.62. The second-order valence-corrected chi connectivity index (χ2v) is 5.28. The number of carbonyl (C=O) groups is 1. The first-order valence-electron chi connectivity index (χ1n) is 4.35. The predicted molar refractivity (Wildman–Crippen MR) is 59.4 cm³/mol. The van der Waals surface area contributed by atoms with Gasteiger partial charge in [-0.3, -0.25) is 8.74 Å². The van der Waals surface area contributed by atoms with E-state index in [-0.39, 0.29) is 5.41 Å². The Labute approximate surface area is 95.9 Å². The van der Waals surface area contributed by atoms with Crippen molar-refractivity contribution in [1.29, 1.82) is 0 Å². The van der Waals surface area contributed by atoms with Crippen LogP contribution in [0.1, 0.15) is 27.7 Å². The molecule has 0 atom stereocenters. The highest BCUT2D eigenvalue weighted by atomic mass is 32.3. The largest absolute Gasteiger partial charge is 0.478 e. The van der Waals surface area contributed by atoms with E-state index in [1.807, 2.05) is 20.8 Å². The molecule has 0 heterocycles. The number of rotatable bonds is 2. The lowest BCUT2D eigenvalue weighted by atomic mass is 9.94. The molecule has 0 aliphatic rings. The van der Waals surface area contributed by atoms with E-state index in [4.69, 9.17) is 9.66 Å². The maximum Gasteiger partial charge on any atom is 0.397 e. The van der Waals surface area contributed by atoms with Gasteiger partial charge in [0.2, 0.25) is 0 Å². The average molecular weight is 254 g/mol. The lowest BCUT2D eigenvalue weighted by Crippen LogP contribution is -2.05. The summed E-state index contributed by atoms with van der Waals surface area (Å²) in [6.45, 7) is 7.52. The molecular formula is C9H18O6S. The lowest BCUT2D eigenvalue weighted by Gasteiger charge is -2.11. The first-order chi connectivity index (χ1) is 6.89. The molecule has 0 spiro atoms. The van der Waals surface area contributed by atoms with Crippen LogP contribution in [0.15, 0.2) is 11.6 Å². The third kappa shape index (κ3) is 15.5. The molecule has 16 heavy (non-hydrogen) atoms. The molecule has 0 aromatic heterocycles. The zero-order valence-electron chi connectivity index (χ0n) is 10.0. The van der Waals surface area contributed by atoms with E-state index < -0.39 is 16.4 Å². The minimum Gasteiger partial charge on any atom is -0.478 e. The van der Waals surface area contributed by atoms with Gasteiger partial charge in [0, 0.05) is 5.57 Å². The highest BCUT2D eigenvalue weighted by molar-refractivity contribution is 7.80. The van der Waals surface area contributed by atoms with Gasteiger partial charge in [0.05, 0.1) is 7.11 Å². The third-order valence-electron chi connectivity index (χ3n) is 1.20. The summed E-state index contributed by atoms with van der Waals surface area (Å²) in [5, 5.41) is 8.48. The maximum atomic E-state index is 10.3. The predicted octanol–water partition coefficient (Wildman–Crippen LogP) is 1.50. The van der Waals surface area contributed by atoms with Crippen molar-refractivity contribution in [1.82, 2.24) is 0 Å². The zero-order chi connectivity index (χ0) is 13.6. The Kier molecular flexibility index (Phi) is 7.23. The van der Waals surface area contributed by atoms with Gasteiger partial charge in [0.1, 0.15) is 0 Å². The molecule has 96 valence electrons. The molecule has 0 saturated heterocycles. The van der Waals surface area contributed by atoms with Crippen LogP contribution >= 0.6 is 0 Å². The van der Waals surface area contributed by atoms with Crippen LogP contribution in [0.3, 0.4) is 0 Å². The summed E-state index contributed by atoms with van der Waals surface area (Å²) in [6.07, 6.45) is 1.75. The van der Waals surface area contributed by atoms with Crippen LogP contribution in [0.5, 0.6) is 0 Å². The van der Waals surface area contributed by atoms with Gasteiger partial charge in [-0.2, -0.15) is 8.42 Å². The van der Waals surface area contributed by atoms with Gasteiger partial charge in [0.25, 0.3) is 0 Å². The number of hydrogen-bond acceptors (Lipinski definition) is 4. The van der Waals surface area contributed by atoms with Gasteiger partial charge in [-0.05, 0) is 12.3 Å². The van der Waals surface area contributed by atoms with Gasteiger partial charge in [-0.25, -0.2) is 4.79 Å². The quantitative estimate of drug-likeness (QED) is 0.572. The molecule has 0 aliphatic heterocycles. The summed E-state index contributed by atoms with van der Waals surface area (Å²) in [5.41, 5.74) is 0.371. The summed E-state index contributed by atoms with van der Waals surface area (Å²) in [4.78, 5) is 10.3. The van der Waals surface area contributed by atoms with E-state index >= 15 is 0 Å². The van der Waals surface area contributed by atoms with E-state index in [0.29, 0.717) is 5.57 Å². The fourth-order valence-electron chi connectivity index (χ4n) is 0.711. The van der Waals surface area contributed by atoms with Crippen LogP contribution in [0, 0.1) is 5.41 Å². The summed E-state index contributed by atoms with van der Waals surface area (Å²) < 4.78 is 29.7. The highest BCUT2D eigenvalue weighted by Crippen LogP contribution is 2.17. The SMILES string of the molecule is CC(=CC(C)(C)C)C(=O)O.COS(=O)(=O)O. The summed E-state index contributed by atoms with van der Waals surface area (Å²) >= 11 is 0. The first kappa shape index (κ1) is 17.5. The fourth-order valence-corrected chi connectivity index (χ4v) is 0.711. The third-order valence-corrected chi connectivity index (χ3v) is 1.62. The van der Waals surface area contributed by atoms with E-state index in [1.54, 1.807) is 13.0 Å². The van der Waals surface area contributed by atoms with Gasteiger partial charge in [0.15, 0.2) is 0 Å². The second-order valence-electron chi connectivity index (χ2n) is 4.09. The number of hydrogen-bond donors (Lipinski definition) is 2. The van der Waals surface area contributed by atoms with Crippen LogP contribution in [0.2, 0.25) is 0 Å². The van der Waals surface area contributed by atoms with Crippen LogP contribution in [-0.4, -0.2) is 31.2 Å². The van der Waals surface area contributed by atoms with Crippen molar-refractivity contribution >= 4 is 16.4 Å². The molecule has 0 aromatic rings. The molecule has 0 amide bonds. The van der Waals surface area contributed by atoms with Crippen LogP contribution < -0.4 is 0 Å². The van der Waals surface area contributed by atoms with Crippen molar-refractivity contribution in [2.75, 3.05) is 7.11 Å². The smallest absolute Gasteiger partial charge is 0.397 e. The van der Waals surface area contributed by atoms with Crippen LogP contribution in [0.4, 0.5) is 0 Å². The monoisotopic (exact) mass is 254 g/mol. The van der Waals surface area contributed by atoms with E-state index in [1.165, 1.54) is 0 Å².